The van der Waals surface area contributed by atoms with E-state index in [0.717, 1.165) is 39.1 Å². The molecule has 0 amide bonds. The number of nitrogens with zero attached hydrogens (tertiary/aromatic N) is 1. The largest absolute Gasteiger partial charge is 0.264 e. The van der Waals surface area contributed by atoms with E-state index in [1.165, 1.54) is 0 Å². The average Bonchev–Trinajstić information content (AvgIpc) is 2.79. The van der Waals surface area contributed by atoms with E-state index in [-0.39, 0.29) is 0 Å². The van der Waals surface area contributed by atoms with E-state index in [0.29, 0.717) is 11.4 Å². The van der Waals surface area contributed by atoms with Crippen LogP contribution in [0.25, 0.3) is 22.3 Å². The van der Waals surface area contributed by atoms with Gasteiger partial charge in [0.2, 0.25) is 0 Å². The van der Waals surface area contributed by atoms with Crippen LogP contribution in [0.15, 0.2) is 102 Å². The molecule has 0 saturated carbocycles. The van der Waals surface area contributed by atoms with Crippen LogP contribution >= 0.6 is 0 Å². The molecule has 5 rings (SSSR count). The van der Waals surface area contributed by atoms with Crippen LogP contribution in [-0.4, -0.2) is 8.42 Å². The fourth-order valence-corrected chi connectivity index (χ4v) is 5.44. The lowest BCUT2D eigenvalue weighted by Gasteiger charge is -2.32. The van der Waals surface area contributed by atoms with Gasteiger partial charge in [-0.15, -0.1) is 0 Å². The summed E-state index contributed by atoms with van der Waals surface area (Å²) in [5.74, 6) is 0. The summed E-state index contributed by atoms with van der Waals surface area (Å²) in [6.45, 7) is 2.27. The number of hydrogen-bond donors (Lipinski definition) is 0. The van der Waals surface area contributed by atoms with Crippen molar-refractivity contribution in [1.82, 2.24) is 0 Å². The Morgan fingerprint density at radius 2 is 1.40 bits per heavy atom. The SMILES string of the molecule is Cc1ccc(S(=O)(=O)N2Cc3ccccc3-c3ccc(-c4ccccc4)cc32)cc1. The van der Waals surface area contributed by atoms with Crippen LogP contribution < -0.4 is 4.31 Å². The third kappa shape index (κ3) is 3.10. The monoisotopic (exact) mass is 411 g/mol. The Balaban J connectivity index is 1.71. The summed E-state index contributed by atoms with van der Waals surface area (Å²) in [6, 6.07) is 31.2. The highest BCUT2D eigenvalue weighted by atomic mass is 32.2. The van der Waals surface area contributed by atoms with Gasteiger partial charge in [-0.25, -0.2) is 8.42 Å². The maximum absolute atomic E-state index is 13.6. The van der Waals surface area contributed by atoms with E-state index >= 15 is 0 Å². The molecule has 0 fully saturated rings. The Labute approximate surface area is 177 Å². The van der Waals surface area contributed by atoms with Crippen LogP contribution in [0.3, 0.4) is 0 Å². The third-order valence-corrected chi connectivity index (χ3v) is 7.38. The maximum Gasteiger partial charge on any atom is 0.264 e. The van der Waals surface area contributed by atoms with E-state index in [9.17, 15) is 8.42 Å². The second kappa shape index (κ2) is 7.15. The van der Waals surface area contributed by atoms with Gasteiger partial charge in [0, 0.05) is 5.56 Å². The molecule has 0 saturated heterocycles. The number of rotatable bonds is 3. The number of fused-ring (bicyclic) bond motifs is 3. The molecule has 1 aliphatic rings. The lowest BCUT2D eigenvalue weighted by molar-refractivity contribution is 0.590. The molecular weight excluding hydrogens is 390 g/mol. The lowest BCUT2D eigenvalue weighted by Crippen LogP contribution is -2.33. The molecule has 30 heavy (non-hydrogen) atoms. The van der Waals surface area contributed by atoms with Crippen LogP contribution in [0, 0.1) is 6.92 Å². The van der Waals surface area contributed by atoms with Crippen molar-refractivity contribution < 1.29 is 8.42 Å². The van der Waals surface area contributed by atoms with Crippen LogP contribution in [0.4, 0.5) is 5.69 Å². The zero-order valence-electron chi connectivity index (χ0n) is 16.6. The molecule has 3 nitrogen and oxygen atoms in total. The van der Waals surface area contributed by atoms with Crippen LogP contribution in [0.1, 0.15) is 11.1 Å². The summed E-state index contributed by atoms with van der Waals surface area (Å²) in [7, 11) is -3.70. The van der Waals surface area contributed by atoms with E-state index in [2.05, 4.69) is 12.1 Å². The Morgan fingerprint density at radius 3 is 2.17 bits per heavy atom. The first-order chi connectivity index (χ1) is 14.5. The zero-order chi connectivity index (χ0) is 20.7. The summed E-state index contributed by atoms with van der Waals surface area (Å²) in [6.07, 6.45) is 0. The molecule has 4 heteroatoms. The molecule has 0 unspecified atom stereocenters. The molecule has 0 spiro atoms. The maximum atomic E-state index is 13.6. The van der Waals surface area contributed by atoms with Gasteiger partial charge in [-0.1, -0.05) is 84.4 Å². The molecule has 4 aromatic rings. The van der Waals surface area contributed by atoms with Crippen molar-refractivity contribution >= 4 is 15.7 Å². The van der Waals surface area contributed by atoms with Crippen molar-refractivity contribution in [2.75, 3.05) is 4.31 Å². The normalized spacial score (nSPS) is 12.9. The van der Waals surface area contributed by atoms with Crippen molar-refractivity contribution in [3.05, 3.63) is 108 Å². The van der Waals surface area contributed by atoms with E-state index in [4.69, 9.17) is 0 Å². The minimum absolute atomic E-state index is 0.309. The van der Waals surface area contributed by atoms with Gasteiger partial charge < -0.3 is 0 Å². The van der Waals surface area contributed by atoms with Gasteiger partial charge in [0.15, 0.2) is 0 Å². The smallest absolute Gasteiger partial charge is 0.261 e. The topological polar surface area (TPSA) is 37.4 Å². The van der Waals surface area contributed by atoms with Gasteiger partial charge in [-0.3, -0.25) is 4.31 Å². The first kappa shape index (κ1) is 18.6. The number of sulfonamides is 1. The van der Waals surface area contributed by atoms with Crippen molar-refractivity contribution in [3.63, 3.8) is 0 Å². The summed E-state index contributed by atoms with van der Waals surface area (Å²) in [5.41, 5.74) is 6.84. The fourth-order valence-electron chi connectivity index (χ4n) is 3.99. The number of hydrogen-bond acceptors (Lipinski definition) is 2. The Bertz CT molecular complexity index is 1330. The Hall–Kier alpha value is -3.37. The molecule has 1 heterocycles. The zero-order valence-corrected chi connectivity index (χ0v) is 17.4. The van der Waals surface area contributed by atoms with Crippen LogP contribution in [0.2, 0.25) is 0 Å². The minimum Gasteiger partial charge on any atom is -0.261 e. The standard InChI is InChI=1S/C26H21NO2S/c1-19-11-14-23(15-12-19)30(28,29)27-18-22-9-5-6-10-24(22)25-16-13-21(17-26(25)27)20-7-3-2-4-8-20/h2-17H,18H2,1H3. The highest BCUT2D eigenvalue weighted by molar-refractivity contribution is 7.92. The molecule has 0 N–H and O–H groups in total. The number of anilines is 1. The van der Waals surface area contributed by atoms with Crippen molar-refractivity contribution in [2.24, 2.45) is 0 Å². The molecule has 0 atom stereocenters. The highest BCUT2D eigenvalue weighted by Crippen LogP contribution is 2.43. The molecule has 0 radical (unpaired) electrons. The van der Waals surface area contributed by atoms with Crippen LogP contribution in [0.5, 0.6) is 0 Å². The quantitative estimate of drug-likeness (QED) is 0.412. The van der Waals surface area contributed by atoms with Crippen molar-refractivity contribution in [3.8, 4) is 22.3 Å². The summed E-state index contributed by atoms with van der Waals surface area (Å²) in [5, 5.41) is 0. The van der Waals surface area contributed by atoms with Crippen molar-refractivity contribution in [2.45, 2.75) is 18.4 Å². The van der Waals surface area contributed by atoms with Gasteiger partial charge in [0.1, 0.15) is 0 Å². The first-order valence-electron chi connectivity index (χ1n) is 9.91. The predicted molar refractivity (Wildman–Crippen MR) is 122 cm³/mol. The molecule has 0 bridgehead atoms. The molecular formula is C26H21NO2S. The number of benzene rings is 4. The van der Waals surface area contributed by atoms with E-state index in [1.54, 1.807) is 16.4 Å². The molecule has 0 aliphatic carbocycles. The van der Waals surface area contributed by atoms with Gasteiger partial charge in [0.05, 0.1) is 17.1 Å². The van der Waals surface area contributed by atoms with Crippen molar-refractivity contribution in [1.29, 1.82) is 0 Å². The molecule has 4 aromatic carbocycles. The Morgan fingerprint density at radius 1 is 0.700 bits per heavy atom. The minimum atomic E-state index is -3.70. The third-order valence-electron chi connectivity index (χ3n) is 5.60. The van der Waals surface area contributed by atoms with Gasteiger partial charge in [0.25, 0.3) is 10.0 Å². The second-order valence-corrected chi connectivity index (χ2v) is 9.44. The first-order valence-corrected chi connectivity index (χ1v) is 11.4. The lowest BCUT2D eigenvalue weighted by atomic mass is 9.92. The number of aryl methyl sites for hydroxylation is 1. The molecule has 1 aliphatic heterocycles. The summed E-state index contributed by atoms with van der Waals surface area (Å²) < 4.78 is 28.8. The predicted octanol–water partition coefficient (Wildman–Crippen LogP) is 6.04. The highest BCUT2D eigenvalue weighted by Gasteiger charge is 2.31. The van der Waals surface area contributed by atoms with Gasteiger partial charge >= 0.3 is 0 Å². The molecule has 148 valence electrons. The molecule has 0 aromatic heterocycles. The fraction of sp³-hybridized carbons (Fsp3) is 0.0769. The van der Waals surface area contributed by atoms with Gasteiger partial charge in [-0.2, -0.15) is 0 Å². The van der Waals surface area contributed by atoms with Gasteiger partial charge in [-0.05, 0) is 47.4 Å². The van der Waals surface area contributed by atoms with E-state index in [1.807, 2.05) is 79.7 Å². The average molecular weight is 412 g/mol. The summed E-state index contributed by atoms with van der Waals surface area (Å²) >= 11 is 0. The summed E-state index contributed by atoms with van der Waals surface area (Å²) in [4.78, 5) is 0.309. The Kier molecular flexibility index (Phi) is 4.44. The van der Waals surface area contributed by atoms with E-state index < -0.39 is 10.0 Å². The van der Waals surface area contributed by atoms with Crippen LogP contribution in [-0.2, 0) is 16.6 Å². The second-order valence-electron chi connectivity index (χ2n) is 7.58.